The minimum atomic E-state index is 0.126. The van der Waals surface area contributed by atoms with E-state index in [1.54, 1.807) is 0 Å². The average Bonchev–Trinajstić information content (AvgIpc) is 2.47. The SMILES string of the molecule is CC(C)Oc1cccc(-c2nc(Cl)c3ccccc3n2)c1. The van der Waals surface area contributed by atoms with Gasteiger partial charge in [0.15, 0.2) is 5.82 Å². The number of rotatable bonds is 3. The van der Waals surface area contributed by atoms with Gasteiger partial charge in [0, 0.05) is 10.9 Å². The molecule has 3 rings (SSSR count). The molecule has 0 atom stereocenters. The molecule has 0 fully saturated rings. The molecule has 0 bridgehead atoms. The van der Waals surface area contributed by atoms with Crippen LogP contribution in [0.3, 0.4) is 0 Å². The standard InChI is InChI=1S/C17H15ClN2O/c1-11(2)21-13-7-5-6-12(10-13)17-19-15-9-4-3-8-14(15)16(18)20-17/h3-11H,1-2H3. The number of benzene rings is 2. The average molecular weight is 299 g/mol. The molecule has 3 nitrogen and oxygen atoms in total. The van der Waals surface area contributed by atoms with Crippen molar-refractivity contribution in [2.24, 2.45) is 0 Å². The largest absolute Gasteiger partial charge is 0.491 e. The summed E-state index contributed by atoms with van der Waals surface area (Å²) in [7, 11) is 0. The van der Waals surface area contributed by atoms with Crippen molar-refractivity contribution in [3.05, 3.63) is 53.7 Å². The van der Waals surface area contributed by atoms with Crippen molar-refractivity contribution >= 4 is 22.5 Å². The van der Waals surface area contributed by atoms with Crippen molar-refractivity contribution < 1.29 is 4.74 Å². The van der Waals surface area contributed by atoms with Gasteiger partial charge in [-0.2, -0.15) is 0 Å². The van der Waals surface area contributed by atoms with Crippen LogP contribution in [0.5, 0.6) is 5.75 Å². The lowest BCUT2D eigenvalue weighted by Gasteiger charge is -2.11. The van der Waals surface area contributed by atoms with Crippen molar-refractivity contribution in [2.75, 3.05) is 0 Å². The number of para-hydroxylation sites is 1. The first kappa shape index (κ1) is 13.8. The van der Waals surface area contributed by atoms with Gasteiger partial charge in [-0.05, 0) is 38.1 Å². The summed E-state index contributed by atoms with van der Waals surface area (Å²) in [5.41, 5.74) is 1.73. The Morgan fingerprint density at radius 3 is 2.62 bits per heavy atom. The first-order chi connectivity index (χ1) is 10.1. The monoisotopic (exact) mass is 298 g/mol. The molecular formula is C17H15ClN2O. The topological polar surface area (TPSA) is 35.0 Å². The molecule has 1 aromatic heterocycles. The van der Waals surface area contributed by atoms with Gasteiger partial charge in [0.25, 0.3) is 0 Å². The van der Waals surface area contributed by atoms with Gasteiger partial charge < -0.3 is 4.74 Å². The van der Waals surface area contributed by atoms with E-state index in [9.17, 15) is 0 Å². The van der Waals surface area contributed by atoms with Crippen LogP contribution in [-0.2, 0) is 0 Å². The van der Waals surface area contributed by atoms with Gasteiger partial charge in [-0.15, -0.1) is 0 Å². The zero-order valence-electron chi connectivity index (χ0n) is 11.9. The molecule has 0 aliphatic carbocycles. The van der Waals surface area contributed by atoms with Crippen LogP contribution in [0.15, 0.2) is 48.5 Å². The number of halogens is 1. The van der Waals surface area contributed by atoms with E-state index < -0.39 is 0 Å². The van der Waals surface area contributed by atoms with Crippen LogP contribution in [0, 0.1) is 0 Å². The Morgan fingerprint density at radius 2 is 1.81 bits per heavy atom. The molecule has 0 aliphatic rings. The second kappa shape index (κ2) is 5.70. The normalized spacial score (nSPS) is 11.0. The maximum atomic E-state index is 6.25. The van der Waals surface area contributed by atoms with Crippen molar-refractivity contribution in [2.45, 2.75) is 20.0 Å². The summed E-state index contributed by atoms with van der Waals surface area (Å²) in [5.74, 6) is 1.41. The summed E-state index contributed by atoms with van der Waals surface area (Å²) in [6.45, 7) is 3.99. The Hall–Kier alpha value is -2.13. The number of hydrogen-bond donors (Lipinski definition) is 0. The van der Waals surface area contributed by atoms with Crippen molar-refractivity contribution in [3.63, 3.8) is 0 Å². The van der Waals surface area contributed by atoms with Gasteiger partial charge in [0.2, 0.25) is 0 Å². The third kappa shape index (κ3) is 2.98. The van der Waals surface area contributed by atoms with E-state index in [0.29, 0.717) is 11.0 Å². The van der Waals surface area contributed by atoms with Crippen LogP contribution in [-0.4, -0.2) is 16.1 Å². The van der Waals surface area contributed by atoms with Gasteiger partial charge in [0.05, 0.1) is 11.6 Å². The summed E-state index contributed by atoms with van der Waals surface area (Å²) >= 11 is 6.25. The lowest BCUT2D eigenvalue weighted by atomic mass is 10.2. The molecule has 0 amide bonds. The van der Waals surface area contributed by atoms with Crippen molar-refractivity contribution in [1.29, 1.82) is 0 Å². The molecule has 21 heavy (non-hydrogen) atoms. The fraction of sp³-hybridized carbons (Fsp3) is 0.176. The lowest BCUT2D eigenvalue weighted by Crippen LogP contribution is -2.05. The number of aromatic nitrogens is 2. The minimum absolute atomic E-state index is 0.126. The highest BCUT2D eigenvalue weighted by molar-refractivity contribution is 6.34. The molecule has 0 N–H and O–H groups in total. The summed E-state index contributed by atoms with van der Waals surface area (Å²) in [4.78, 5) is 8.97. The molecular weight excluding hydrogens is 284 g/mol. The van der Waals surface area contributed by atoms with Crippen LogP contribution in [0.25, 0.3) is 22.3 Å². The minimum Gasteiger partial charge on any atom is -0.491 e. The van der Waals surface area contributed by atoms with Gasteiger partial charge in [-0.1, -0.05) is 35.9 Å². The maximum Gasteiger partial charge on any atom is 0.161 e. The first-order valence-corrected chi connectivity index (χ1v) is 7.20. The maximum absolute atomic E-state index is 6.25. The fourth-order valence-corrected chi connectivity index (χ4v) is 2.39. The second-order valence-corrected chi connectivity index (χ2v) is 5.41. The molecule has 1 heterocycles. The Labute approximate surface area is 128 Å². The van der Waals surface area contributed by atoms with Gasteiger partial charge in [-0.25, -0.2) is 9.97 Å². The van der Waals surface area contributed by atoms with E-state index in [1.807, 2.05) is 62.4 Å². The van der Waals surface area contributed by atoms with Crippen molar-refractivity contribution in [3.8, 4) is 17.1 Å². The van der Waals surface area contributed by atoms with E-state index >= 15 is 0 Å². The summed E-state index contributed by atoms with van der Waals surface area (Å²) in [6.07, 6.45) is 0.126. The molecule has 106 valence electrons. The number of hydrogen-bond acceptors (Lipinski definition) is 3. The zero-order chi connectivity index (χ0) is 14.8. The Morgan fingerprint density at radius 1 is 1.00 bits per heavy atom. The number of ether oxygens (including phenoxy) is 1. The molecule has 4 heteroatoms. The Bertz CT molecular complexity index is 787. The highest BCUT2D eigenvalue weighted by Crippen LogP contribution is 2.26. The summed E-state index contributed by atoms with van der Waals surface area (Å²) in [5, 5.41) is 1.32. The predicted molar refractivity (Wildman–Crippen MR) is 85.7 cm³/mol. The van der Waals surface area contributed by atoms with Gasteiger partial charge in [0.1, 0.15) is 10.9 Å². The lowest BCUT2D eigenvalue weighted by molar-refractivity contribution is 0.242. The molecule has 0 aliphatic heterocycles. The predicted octanol–water partition coefficient (Wildman–Crippen LogP) is 4.74. The summed E-state index contributed by atoms with van der Waals surface area (Å²) in [6, 6.07) is 15.4. The van der Waals surface area contributed by atoms with E-state index in [-0.39, 0.29) is 6.10 Å². The van der Waals surface area contributed by atoms with Crippen LogP contribution in [0.4, 0.5) is 0 Å². The molecule has 3 aromatic rings. The smallest absolute Gasteiger partial charge is 0.161 e. The Kier molecular flexibility index (Phi) is 3.76. The molecule has 0 saturated heterocycles. The van der Waals surface area contributed by atoms with Gasteiger partial charge >= 0.3 is 0 Å². The second-order valence-electron chi connectivity index (χ2n) is 5.05. The quantitative estimate of drug-likeness (QED) is 0.655. The fourth-order valence-electron chi connectivity index (χ4n) is 2.15. The number of fused-ring (bicyclic) bond motifs is 1. The third-order valence-electron chi connectivity index (χ3n) is 3.02. The Balaban J connectivity index is 2.08. The van der Waals surface area contributed by atoms with Crippen LogP contribution >= 0.6 is 11.6 Å². The van der Waals surface area contributed by atoms with Crippen LogP contribution in [0.2, 0.25) is 5.15 Å². The molecule has 0 radical (unpaired) electrons. The highest BCUT2D eigenvalue weighted by atomic mass is 35.5. The van der Waals surface area contributed by atoms with E-state index in [1.165, 1.54) is 0 Å². The van der Waals surface area contributed by atoms with E-state index in [0.717, 1.165) is 22.2 Å². The number of nitrogens with zero attached hydrogens (tertiary/aromatic N) is 2. The van der Waals surface area contributed by atoms with Crippen molar-refractivity contribution in [1.82, 2.24) is 9.97 Å². The molecule has 0 saturated carbocycles. The van der Waals surface area contributed by atoms with E-state index in [4.69, 9.17) is 16.3 Å². The summed E-state index contributed by atoms with van der Waals surface area (Å²) < 4.78 is 5.71. The molecule has 2 aromatic carbocycles. The van der Waals surface area contributed by atoms with Crippen LogP contribution in [0.1, 0.15) is 13.8 Å². The third-order valence-corrected chi connectivity index (χ3v) is 3.31. The first-order valence-electron chi connectivity index (χ1n) is 6.83. The van der Waals surface area contributed by atoms with Crippen LogP contribution < -0.4 is 4.74 Å². The van der Waals surface area contributed by atoms with Gasteiger partial charge in [-0.3, -0.25) is 0 Å². The molecule has 0 unspecified atom stereocenters. The van der Waals surface area contributed by atoms with E-state index in [2.05, 4.69) is 9.97 Å². The zero-order valence-corrected chi connectivity index (χ0v) is 12.6. The highest BCUT2D eigenvalue weighted by Gasteiger charge is 2.08. The molecule has 0 spiro atoms.